The van der Waals surface area contributed by atoms with E-state index in [4.69, 9.17) is 9.84 Å². The molecule has 3 unspecified atom stereocenters. The molecule has 0 aromatic rings. The summed E-state index contributed by atoms with van der Waals surface area (Å²) in [4.78, 5) is 15.5. The van der Waals surface area contributed by atoms with E-state index in [1.165, 1.54) is 19.5 Å². The molecule has 3 atom stereocenters. The molecule has 0 radical (unpaired) electrons. The number of carboxylic acids is 1. The standard InChI is InChI=1S/C13H24N2O3/c1-14-6-5-10(7-14)8-15(2)9-11-3-4-12(18-11)13(16)17/h10-12H,3-9H2,1-2H3,(H,16,17). The quantitative estimate of drug-likeness (QED) is 0.776. The molecule has 1 N–H and O–H groups in total. The molecule has 104 valence electrons. The molecule has 2 heterocycles. The number of likely N-dealkylation sites (N-methyl/N-ethyl adjacent to an activating group) is 1. The van der Waals surface area contributed by atoms with Crippen LogP contribution < -0.4 is 0 Å². The molecule has 0 saturated carbocycles. The van der Waals surface area contributed by atoms with Crippen molar-refractivity contribution in [3.8, 4) is 0 Å². The molecular weight excluding hydrogens is 232 g/mol. The van der Waals surface area contributed by atoms with Gasteiger partial charge in [0.2, 0.25) is 0 Å². The van der Waals surface area contributed by atoms with Gasteiger partial charge in [0, 0.05) is 19.6 Å². The van der Waals surface area contributed by atoms with Crippen molar-refractivity contribution in [2.24, 2.45) is 5.92 Å². The number of carboxylic acid groups (broad SMARTS) is 1. The number of hydrogen-bond acceptors (Lipinski definition) is 4. The zero-order valence-electron chi connectivity index (χ0n) is 11.3. The molecule has 5 nitrogen and oxygen atoms in total. The van der Waals surface area contributed by atoms with Crippen LogP contribution in [-0.2, 0) is 9.53 Å². The Hall–Kier alpha value is -0.650. The molecule has 0 aromatic heterocycles. The minimum absolute atomic E-state index is 0.0928. The third-order valence-corrected chi connectivity index (χ3v) is 3.96. The van der Waals surface area contributed by atoms with Gasteiger partial charge in [-0.1, -0.05) is 0 Å². The molecule has 0 spiro atoms. The van der Waals surface area contributed by atoms with E-state index in [9.17, 15) is 4.79 Å². The predicted octanol–water partition coefficient (Wildman–Crippen LogP) is 0.502. The lowest BCUT2D eigenvalue weighted by Gasteiger charge is -2.23. The Morgan fingerprint density at radius 3 is 2.72 bits per heavy atom. The molecule has 2 rings (SSSR count). The highest BCUT2D eigenvalue weighted by Gasteiger charge is 2.31. The van der Waals surface area contributed by atoms with Crippen LogP contribution >= 0.6 is 0 Å². The van der Waals surface area contributed by atoms with Crippen LogP contribution in [-0.4, -0.2) is 73.4 Å². The van der Waals surface area contributed by atoms with Crippen LogP contribution in [0.25, 0.3) is 0 Å². The lowest BCUT2D eigenvalue weighted by atomic mass is 10.1. The summed E-state index contributed by atoms with van der Waals surface area (Å²) < 4.78 is 5.53. The lowest BCUT2D eigenvalue weighted by Crippen LogP contribution is -2.34. The molecule has 2 saturated heterocycles. The largest absolute Gasteiger partial charge is 0.479 e. The van der Waals surface area contributed by atoms with Gasteiger partial charge in [-0.2, -0.15) is 0 Å². The lowest BCUT2D eigenvalue weighted by molar-refractivity contribution is -0.149. The van der Waals surface area contributed by atoms with Crippen molar-refractivity contribution in [1.29, 1.82) is 0 Å². The first-order valence-electron chi connectivity index (χ1n) is 6.80. The maximum absolute atomic E-state index is 10.8. The first-order chi connectivity index (χ1) is 8.54. The maximum Gasteiger partial charge on any atom is 0.332 e. The van der Waals surface area contributed by atoms with Crippen LogP contribution in [0.3, 0.4) is 0 Å². The third-order valence-electron chi connectivity index (χ3n) is 3.96. The SMILES string of the molecule is CN1CCC(CN(C)CC2CCC(C(=O)O)O2)C1. The normalized spacial score (nSPS) is 33.4. The minimum Gasteiger partial charge on any atom is -0.479 e. The van der Waals surface area contributed by atoms with Crippen molar-refractivity contribution in [3.05, 3.63) is 0 Å². The molecule has 0 bridgehead atoms. The minimum atomic E-state index is -0.822. The fourth-order valence-electron chi connectivity index (χ4n) is 3.06. The summed E-state index contributed by atoms with van der Waals surface area (Å²) in [7, 11) is 4.27. The number of nitrogens with zero attached hydrogens (tertiary/aromatic N) is 2. The summed E-state index contributed by atoms with van der Waals surface area (Å²) in [5, 5.41) is 8.88. The van der Waals surface area contributed by atoms with Gasteiger partial charge in [-0.25, -0.2) is 4.79 Å². The average Bonchev–Trinajstić information content (AvgIpc) is 2.88. The van der Waals surface area contributed by atoms with Crippen molar-refractivity contribution < 1.29 is 14.6 Å². The number of ether oxygens (including phenoxy) is 1. The summed E-state index contributed by atoms with van der Waals surface area (Å²) in [5.41, 5.74) is 0. The Kier molecular flexibility index (Phi) is 4.59. The molecule has 18 heavy (non-hydrogen) atoms. The van der Waals surface area contributed by atoms with Gasteiger partial charge in [0.15, 0.2) is 6.10 Å². The Labute approximate surface area is 109 Å². The number of likely N-dealkylation sites (tertiary alicyclic amines) is 1. The highest BCUT2D eigenvalue weighted by molar-refractivity contribution is 5.72. The Bertz CT molecular complexity index is 298. The van der Waals surface area contributed by atoms with E-state index in [0.29, 0.717) is 6.42 Å². The molecule has 5 heteroatoms. The zero-order valence-corrected chi connectivity index (χ0v) is 11.3. The first-order valence-corrected chi connectivity index (χ1v) is 6.80. The van der Waals surface area contributed by atoms with Crippen molar-refractivity contribution in [2.45, 2.75) is 31.5 Å². The summed E-state index contributed by atoms with van der Waals surface area (Å²) in [6.07, 6.45) is 2.30. The highest BCUT2D eigenvalue weighted by Crippen LogP contribution is 2.21. The van der Waals surface area contributed by atoms with Gasteiger partial charge in [-0.05, 0) is 45.8 Å². The number of hydrogen-bond donors (Lipinski definition) is 1. The van der Waals surface area contributed by atoms with Crippen molar-refractivity contribution in [2.75, 3.05) is 40.3 Å². The van der Waals surface area contributed by atoms with Gasteiger partial charge in [-0.15, -0.1) is 0 Å². The van der Waals surface area contributed by atoms with Crippen LogP contribution in [0.1, 0.15) is 19.3 Å². The van der Waals surface area contributed by atoms with E-state index in [1.54, 1.807) is 0 Å². The highest BCUT2D eigenvalue weighted by atomic mass is 16.5. The van der Waals surface area contributed by atoms with E-state index < -0.39 is 12.1 Å². The van der Waals surface area contributed by atoms with Crippen LogP contribution in [0.2, 0.25) is 0 Å². The predicted molar refractivity (Wildman–Crippen MR) is 68.6 cm³/mol. The summed E-state index contributed by atoms with van der Waals surface area (Å²) in [6.45, 7) is 4.30. The van der Waals surface area contributed by atoms with Gasteiger partial charge in [0.25, 0.3) is 0 Å². The van der Waals surface area contributed by atoms with Gasteiger partial charge in [0.1, 0.15) is 0 Å². The topological polar surface area (TPSA) is 53.0 Å². The smallest absolute Gasteiger partial charge is 0.332 e. The monoisotopic (exact) mass is 256 g/mol. The second-order valence-corrected chi connectivity index (χ2v) is 5.80. The Balaban J connectivity index is 1.68. The van der Waals surface area contributed by atoms with Gasteiger partial charge in [0.05, 0.1) is 6.10 Å². The van der Waals surface area contributed by atoms with E-state index in [1.807, 2.05) is 0 Å². The van der Waals surface area contributed by atoms with Crippen molar-refractivity contribution in [3.63, 3.8) is 0 Å². The molecule has 2 fully saturated rings. The fraction of sp³-hybridized carbons (Fsp3) is 0.923. The van der Waals surface area contributed by atoms with Crippen LogP contribution in [0.5, 0.6) is 0 Å². The average molecular weight is 256 g/mol. The number of rotatable bonds is 5. The van der Waals surface area contributed by atoms with E-state index in [-0.39, 0.29) is 6.10 Å². The summed E-state index contributed by atoms with van der Waals surface area (Å²) >= 11 is 0. The second kappa shape index (κ2) is 5.99. The van der Waals surface area contributed by atoms with Crippen LogP contribution in [0, 0.1) is 5.92 Å². The van der Waals surface area contributed by atoms with Gasteiger partial charge < -0.3 is 19.6 Å². The fourth-order valence-corrected chi connectivity index (χ4v) is 3.06. The van der Waals surface area contributed by atoms with Crippen LogP contribution in [0.15, 0.2) is 0 Å². The Morgan fingerprint density at radius 2 is 2.17 bits per heavy atom. The molecule has 2 aliphatic heterocycles. The van der Waals surface area contributed by atoms with Gasteiger partial charge >= 0.3 is 5.97 Å². The summed E-state index contributed by atoms with van der Waals surface area (Å²) in [5.74, 6) is -0.0748. The van der Waals surface area contributed by atoms with Gasteiger partial charge in [-0.3, -0.25) is 0 Å². The van der Waals surface area contributed by atoms with Crippen molar-refractivity contribution >= 4 is 5.97 Å². The number of carbonyl (C=O) groups is 1. The molecular formula is C13H24N2O3. The third kappa shape index (κ3) is 3.67. The van der Waals surface area contributed by atoms with E-state index in [2.05, 4.69) is 23.9 Å². The van der Waals surface area contributed by atoms with E-state index >= 15 is 0 Å². The van der Waals surface area contributed by atoms with Crippen molar-refractivity contribution in [1.82, 2.24) is 9.80 Å². The molecule has 2 aliphatic rings. The molecule has 0 aromatic carbocycles. The maximum atomic E-state index is 10.8. The number of aliphatic carboxylic acids is 1. The first kappa shape index (κ1) is 13.8. The van der Waals surface area contributed by atoms with Crippen LogP contribution in [0.4, 0.5) is 0 Å². The molecule has 0 amide bonds. The second-order valence-electron chi connectivity index (χ2n) is 5.80. The molecule has 0 aliphatic carbocycles. The Morgan fingerprint density at radius 1 is 1.39 bits per heavy atom. The van der Waals surface area contributed by atoms with E-state index in [0.717, 1.165) is 25.4 Å². The zero-order chi connectivity index (χ0) is 13.1. The summed E-state index contributed by atoms with van der Waals surface area (Å²) in [6, 6.07) is 0.